The second-order valence-corrected chi connectivity index (χ2v) is 5.88. The lowest BCUT2D eigenvalue weighted by atomic mass is 10.0. The fourth-order valence-electron chi connectivity index (χ4n) is 2.61. The number of halogens is 3. The maximum Gasteiger partial charge on any atom is 0.416 e. The van der Waals surface area contributed by atoms with E-state index in [9.17, 15) is 27.6 Å². The van der Waals surface area contributed by atoms with Gasteiger partial charge in [-0.25, -0.2) is 4.79 Å². The zero-order valence-corrected chi connectivity index (χ0v) is 13.8. The molecular formula is C19H13F3N2O3. The molecule has 1 aliphatic heterocycles. The van der Waals surface area contributed by atoms with Gasteiger partial charge in [0, 0.05) is 5.56 Å². The van der Waals surface area contributed by atoms with Crippen molar-refractivity contribution in [2.75, 3.05) is 6.54 Å². The van der Waals surface area contributed by atoms with Crippen molar-refractivity contribution < 1.29 is 27.6 Å². The minimum absolute atomic E-state index is 0.104. The van der Waals surface area contributed by atoms with Gasteiger partial charge in [0.15, 0.2) is 5.78 Å². The molecule has 1 saturated heterocycles. The number of ketones is 1. The number of Topliss-reactive ketones (excluding diaryl/α,β-unsaturated/α-hetero) is 1. The van der Waals surface area contributed by atoms with Crippen molar-refractivity contribution in [1.29, 1.82) is 0 Å². The van der Waals surface area contributed by atoms with Gasteiger partial charge in [0.25, 0.3) is 5.91 Å². The highest BCUT2D eigenvalue weighted by molar-refractivity contribution is 6.14. The molecule has 2 aromatic rings. The molecule has 1 heterocycles. The van der Waals surface area contributed by atoms with Crippen molar-refractivity contribution >= 4 is 17.7 Å². The minimum atomic E-state index is -4.45. The van der Waals surface area contributed by atoms with Gasteiger partial charge >= 0.3 is 12.2 Å². The average Bonchev–Trinajstić information content (AvgIpc) is 2.87. The summed E-state index contributed by atoms with van der Waals surface area (Å²) in [6, 6.07) is 10.0. The molecule has 0 spiro atoms. The van der Waals surface area contributed by atoms with Crippen molar-refractivity contribution in [1.82, 2.24) is 10.2 Å². The molecule has 2 aromatic carbocycles. The second-order valence-electron chi connectivity index (χ2n) is 5.88. The standard InChI is InChI=1S/C19H13F3N2O3/c1-11-17(26)24(18(27)23-11)10-16(25)13-7-5-12(6-8-13)14-3-2-4-15(9-14)19(20,21)22/h2-9H,1,10H2,(H,23,27). The molecule has 0 unspecified atom stereocenters. The number of carbonyl (C=O) groups is 3. The van der Waals surface area contributed by atoms with Crippen LogP contribution in [0.4, 0.5) is 18.0 Å². The fourth-order valence-corrected chi connectivity index (χ4v) is 2.61. The summed E-state index contributed by atoms with van der Waals surface area (Å²) >= 11 is 0. The van der Waals surface area contributed by atoms with Gasteiger partial charge < -0.3 is 5.32 Å². The van der Waals surface area contributed by atoms with E-state index in [4.69, 9.17) is 0 Å². The fraction of sp³-hybridized carbons (Fsp3) is 0.105. The maximum atomic E-state index is 12.8. The van der Waals surface area contributed by atoms with E-state index in [1.54, 1.807) is 0 Å². The van der Waals surface area contributed by atoms with Crippen molar-refractivity contribution in [3.63, 3.8) is 0 Å². The molecule has 0 radical (unpaired) electrons. The van der Waals surface area contributed by atoms with Gasteiger partial charge in [-0.1, -0.05) is 43.0 Å². The third kappa shape index (κ3) is 3.74. The van der Waals surface area contributed by atoms with Crippen molar-refractivity contribution in [2.24, 2.45) is 0 Å². The minimum Gasteiger partial charge on any atom is -0.303 e. The van der Waals surface area contributed by atoms with Crippen molar-refractivity contribution in [3.8, 4) is 11.1 Å². The molecule has 3 amide bonds. The summed E-state index contributed by atoms with van der Waals surface area (Å²) in [5.41, 5.74) is 0.214. The van der Waals surface area contributed by atoms with E-state index in [1.807, 2.05) is 0 Å². The third-order valence-electron chi connectivity index (χ3n) is 4.04. The third-order valence-corrected chi connectivity index (χ3v) is 4.04. The summed E-state index contributed by atoms with van der Waals surface area (Å²) in [5.74, 6) is -1.15. The molecule has 0 aliphatic carbocycles. The molecule has 0 atom stereocenters. The molecule has 1 N–H and O–H groups in total. The lowest BCUT2D eigenvalue weighted by Gasteiger charge is -2.11. The molecule has 8 heteroatoms. The Morgan fingerprint density at radius 3 is 2.26 bits per heavy atom. The summed E-state index contributed by atoms with van der Waals surface area (Å²) in [4.78, 5) is 36.4. The number of nitrogens with one attached hydrogen (secondary N) is 1. The van der Waals surface area contributed by atoms with Gasteiger partial charge in [0.1, 0.15) is 5.70 Å². The van der Waals surface area contributed by atoms with Crippen LogP contribution in [0.2, 0.25) is 0 Å². The van der Waals surface area contributed by atoms with Crippen LogP contribution in [-0.2, 0) is 11.0 Å². The van der Waals surface area contributed by atoms with E-state index in [1.165, 1.54) is 36.4 Å². The van der Waals surface area contributed by atoms with Crippen LogP contribution < -0.4 is 5.32 Å². The average molecular weight is 374 g/mol. The molecule has 0 aromatic heterocycles. The van der Waals surface area contributed by atoms with Crippen LogP contribution >= 0.6 is 0 Å². The number of hydrogen-bond acceptors (Lipinski definition) is 3. The Kier molecular flexibility index (Phi) is 4.57. The quantitative estimate of drug-likeness (QED) is 0.505. The van der Waals surface area contributed by atoms with Crippen LogP contribution in [0.15, 0.2) is 60.8 Å². The first-order valence-electron chi connectivity index (χ1n) is 7.79. The van der Waals surface area contributed by atoms with E-state index in [0.29, 0.717) is 11.1 Å². The molecule has 27 heavy (non-hydrogen) atoms. The molecule has 1 aliphatic rings. The zero-order valence-electron chi connectivity index (χ0n) is 13.8. The first kappa shape index (κ1) is 18.4. The Labute approximate surface area is 152 Å². The highest BCUT2D eigenvalue weighted by Crippen LogP contribution is 2.32. The number of nitrogens with zero attached hydrogens (tertiary/aromatic N) is 1. The SMILES string of the molecule is C=C1NC(=O)N(CC(=O)c2ccc(-c3cccc(C(F)(F)F)c3)cc2)C1=O. The Morgan fingerprint density at radius 1 is 1.04 bits per heavy atom. The van der Waals surface area contributed by atoms with Crippen molar-refractivity contribution in [3.05, 3.63) is 71.9 Å². The second kappa shape index (κ2) is 6.71. The predicted octanol–water partition coefficient (Wildman–Crippen LogP) is 3.62. The van der Waals surface area contributed by atoms with Crippen molar-refractivity contribution in [2.45, 2.75) is 6.18 Å². The van der Waals surface area contributed by atoms with E-state index < -0.39 is 36.0 Å². The van der Waals surface area contributed by atoms with Crippen LogP contribution in [0.25, 0.3) is 11.1 Å². The number of amides is 3. The lowest BCUT2D eigenvalue weighted by Crippen LogP contribution is -2.35. The van der Waals surface area contributed by atoms with Gasteiger partial charge in [-0.15, -0.1) is 0 Å². The van der Waals surface area contributed by atoms with E-state index in [0.717, 1.165) is 17.0 Å². The zero-order chi connectivity index (χ0) is 19.8. The van der Waals surface area contributed by atoms with Crippen LogP contribution in [0.1, 0.15) is 15.9 Å². The van der Waals surface area contributed by atoms with E-state index in [2.05, 4.69) is 11.9 Å². The van der Waals surface area contributed by atoms with Gasteiger partial charge in [-0.3, -0.25) is 14.5 Å². The Bertz CT molecular complexity index is 949. The van der Waals surface area contributed by atoms with Crippen LogP contribution in [0, 0.1) is 0 Å². The van der Waals surface area contributed by atoms with Crippen LogP contribution in [0.3, 0.4) is 0 Å². The van der Waals surface area contributed by atoms with Gasteiger partial charge in [0.2, 0.25) is 0 Å². The monoisotopic (exact) mass is 374 g/mol. The number of alkyl halides is 3. The molecule has 5 nitrogen and oxygen atoms in total. The van der Waals surface area contributed by atoms with E-state index in [-0.39, 0.29) is 11.3 Å². The first-order valence-corrected chi connectivity index (χ1v) is 7.79. The summed E-state index contributed by atoms with van der Waals surface area (Å²) in [7, 11) is 0. The molecular weight excluding hydrogens is 361 g/mol. The Morgan fingerprint density at radius 2 is 1.70 bits per heavy atom. The molecule has 138 valence electrons. The van der Waals surface area contributed by atoms with E-state index >= 15 is 0 Å². The summed E-state index contributed by atoms with van der Waals surface area (Å²) < 4.78 is 38.5. The first-order chi connectivity index (χ1) is 12.7. The number of benzene rings is 2. The highest BCUT2D eigenvalue weighted by atomic mass is 19.4. The maximum absolute atomic E-state index is 12.8. The van der Waals surface area contributed by atoms with Crippen LogP contribution in [-0.4, -0.2) is 29.2 Å². The topological polar surface area (TPSA) is 66.5 Å². The smallest absolute Gasteiger partial charge is 0.303 e. The predicted molar refractivity (Wildman–Crippen MR) is 90.6 cm³/mol. The van der Waals surface area contributed by atoms with Gasteiger partial charge in [-0.2, -0.15) is 13.2 Å². The summed E-state index contributed by atoms with van der Waals surface area (Å²) in [6.45, 7) is 2.92. The Hall–Kier alpha value is -3.42. The summed E-state index contributed by atoms with van der Waals surface area (Å²) in [6.07, 6.45) is -4.45. The number of carbonyl (C=O) groups excluding carboxylic acids is 3. The number of rotatable bonds is 4. The number of hydrogen-bond donors (Lipinski definition) is 1. The molecule has 0 saturated carbocycles. The lowest BCUT2D eigenvalue weighted by molar-refractivity contribution is -0.137. The number of urea groups is 1. The van der Waals surface area contributed by atoms with Crippen LogP contribution in [0.5, 0.6) is 0 Å². The molecule has 1 fully saturated rings. The number of imide groups is 1. The normalized spacial score (nSPS) is 14.5. The Balaban J connectivity index is 1.78. The van der Waals surface area contributed by atoms with Gasteiger partial charge in [-0.05, 0) is 23.3 Å². The summed E-state index contributed by atoms with van der Waals surface area (Å²) in [5, 5.41) is 2.22. The molecule has 0 bridgehead atoms. The highest BCUT2D eigenvalue weighted by Gasteiger charge is 2.34. The largest absolute Gasteiger partial charge is 0.416 e. The molecule has 3 rings (SSSR count). The van der Waals surface area contributed by atoms with Gasteiger partial charge in [0.05, 0.1) is 12.1 Å².